The van der Waals surface area contributed by atoms with Crippen LogP contribution in [0, 0.1) is 0 Å². The largest absolute Gasteiger partial charge is 0.478 e. The van der Waals surface area contributed by atoms with E-state index >= 15 is 0 Å². The number of carbonyl (C=O) groups is 2. The molecule has 0 bridgehead atoms. The quantitative estimate of drug-likeness (QED) is 0.612. The van der Waals surface area contributed by atoms with Gasteiger partial charge in [-0.05, 0) is 39.9 Å². The van der Waals surface area contributed by atoms with Crippen LogP contribution < -0.4 is 5.48 Å². The first-order valence-electron chi connectivity index (χ1n) is 9.18. The molecule has 0 fully saturated rings. The van der Waals surface area contributed by atoms with Gasteiger partial charge in [0.05, 0.1) is 12.2 Å². The number of amides is 1. The lowest BCUT2D eigenvalue weighted by Crippen LogP contribution is -2.26. The van der Waals surface area contributed by atoms with Crippen molar-refractivity contribution in [3.8, 4) is 11.1 Å². The van der Waals surface area contributed by atoms with Crippen molar-refractivity contribution in [1.29, 1.82) is 0 Å². The average molecular weight is 389 g/mol. The molecule has 0 saturated carbocycles. The van der Waals surface area contributed by atoms with Crippen LogP contribution in [0.25, 0.3) is 11.1 Å². The maximum Gasteiger partial charge on any atom is 0.431 e. The molecule has 2 N–H and O–H groups in total. The summed E-state index contributed by atoms with van der Waals surface area (Å²) >= 11 is 0. The number of nitrogens with one attached hydrogen (secondary N) is 1. The van der Waals surface area contributed by atoms with Crippen LogP contribution in [0.3, 0.4) is 0 Å². The van der Waals surface area contributed by atoms with Gasteiger partial charge in [0.15, 0.2) is 0 Å². The van der Waals surface area contributed by atoms with E-state index in [2.05, 4.69) is 29.7 Å². The van der Waals surface area contributed by atoms with E-state index in [-0.39, 0.29) is 24.7 Å². The summed E-state index contributed by atoms with van der Waals surface area (Å²) in [6.45, 7) is 0.306. The van der Waals surface area contributed by atoms with Gasteiger partial charge in [0.1, 0.15) is 6.61 Å². The molecule has 1 aliphatic rings. The standard InChI is InChI=1S/C23H19NO5/c25-22(26)16-11-9-15(10-12-16)13-29-24-23(27)28-14-21-19-7-3-1-5-17(19)18-6-2-4-8-20(18)21/h1-12,21H,13-14H2,(H,24,27)(H,25,26). The topological polar surface area (TPSA) is 84.9 Å². The van der Waals surface area contributed by atoms with Crippen molar-refractivity contribution < 1.29 is 24.3 Å². The van der Waals surface area contributed by atoms with E-state index in [0.717, 1.165) is 27.8 Å². The molecule has 1 amide bonds. The van der Waals surface area contributed by atoms with Crippen molar-refractivity contribution in [1.82, 2.24) is 5.48 Å². The number of benzene rings is 3. The van der Waals surface area contributed by atoms with Gasteiger partial charge >= 0.3 is 12.1 Å². The van der Waals surface area contributed by atoms with Crippen molar-refractivity contribution in [3.63, 3.8) is 0 Å². The van der Waals surface area contributed by atoms with Gasteiger partial charge < -0.3 is 9.84 Å². The smallest absolute Gasteiger partial charge is 0.431 e. The van der Waals surface area contributed by atoms with Crippen LogP contribution in [0.5, 0.6) is 0 Å². The minimum absolute atomic E-state index is 0.0169. The van der Waals surface area contributed by atoms with E-state index < -0.39 is 12.1 Å². The van der Waals surface area contributed by atoms with Gasteiger partial charge in [-0.15, -0.1) is 0 Å². The summed E-state index contributed by atoms with van der Waals surface area (Å²) in [5.41, 5.74) is 7.80. The summed E-state index contributed by atoms with van der Waals surface area (Å²) in [4.78, 5) is 28.0. The number of fused-ring (bicyclic) bond motifs is 3. The molecule has 0 atom stereocenters. The SMILES string of the molecule is O=C(NOCc1ccc(C(=O)O)cc1)OCC1c2ccccc2-c2ccccc21. The second-order valence-corrected chi connectivity index (χ2v) is 6.72. The van der Waals surface area contributed by atoms with Crippen molar-refractivity contribution in [3.05, 3.63) is 95.1 Å². The maximum atomic E-state index is 12.0. The highest BCUT2D eigenvalue weighted by atomic mass is 16.7. The number of hydrogen-bond acceptors (Lipinski definition) is 4. The lowest BCUT2D eigenvalue weighted by atomic mass is 9.98. The lowest BCUT2D eigenvalue weighted by molar-refractivity contribution is 0.0177. The predicted molar refractivity (Wildman–Crippen MR) is 106 cm³/mol. The second-order valence-electron chi connectivity index (χ2n) is 6.72. The second kappa shape index (κ2) is 8.16. The fourth-order valence-corrected chi connectivity index (χ4v) is 3.55. The monoisotopic (exact) mass is 389 g/mol. The molecule has 29 heavy (non-hydrogen) atoms. The summed E-state index contributed by atoms with van der Waals surface area (Å²) in [6, 6.07) is 22.4. The fourth-order valence-electron chi connectivity index (χ4n) is 3.55. The normalized spacial score (nSPS) is 12.1. The van der Waals surface area contributed by atoms with Crippen LogP contribution >= 0.6 is 0 Å². The zero-order valence-electron chi connectivity index (χ0n) is 15.5. The zero-order chi connectivity index (χ0) is 20.2. The van der Waals surface area contributed by atoms with Crippen molar-refractivity contribution in [2.24, 2.45) is 0 Å². The van der Waals surface area contributed by atoms with E-state index in [4.69, 9.17) is 14.7 Å². The molecule has 0 radical (unpaired) electrons. The first kappa shape index (κ1) is 18.7. The fraction of sp³-hybridized carbons (Fsp3) is 0.130. The highest BCUT2D eigenvalue weighted by molar-refractivity contribution is 5.87. The van der Waals surface area contributed by atoms with E-state index in [9.17, 15) is 9.59 Å². The molecule has 0 saturated heterocycles. The number of hydroxylamine groups is 1. The molecule has 6 heteroatoms. The molecule has 0 aliphatic heterocycles. The van der Waals surface area contributed by atoms with Gasteiger partial charge in [0, 0.05) is 5.92 Å². The molecule has 0 heterocycles. The Morgan fingerprint density at radius 3 is 2.03 bits per heavy atom. The minimum Gasteiger partial charge on any atom is -0.478 e. The van der Waals surface area contributed by atoms with E-state index in [0.29, 0.717) is 0 Å². The molecule has 6 nitrogen and oxygen atoms in total. The van der Waals surface area contributed by atoms with Crippen LogP contribution in [0.15, 0.2) is 72.8 Å². The Hall–Kier alpha value is -3.64. The lowest BCUT2D eigenvalue weighted by Gasteiger charge is -2.14. The third-order valence-electron chi connectivity index (χ3n) is 4.94. The van der Waals surface area contributed by atoms with Gasteiger partial charge in [-0.2, -0.15) is 5.48 Å². The number of carbonyl (C=O) groups excluding carboxylic acids is 1. The molecule has 0 spiro atoms. The molecule has 4 rings (SSSR count). The highest BCUT2D eigenvalue weighted by Gasteiger charge is 2.28. The molecule has 0 unspecified atom stereocenters. The average Bonchev–Trinajstić information content (AvgIpc) is 3.06. The van der Waals surface area contributed by atoms with E-state index in [1.807, 2.05) is 24.3 Å². The summed E-state index contributed by atoms with van der Waals surface area (Å²) in [5, 5.41) is 8.89. The first-order valence-corrected chi connectivity index (χ1v) is 9.18. The molecule has 0 aromatic heterocycles. The number of aromatic carboxylic acids is 1. The van der Waals surface area contributed by atoms with Gasteiger partial charge in [-0.3, -0.25) is 4.84 Å². The Bertz CT molecular complexity index is 1000. The minimum atomic E-state index is -0.991. The zero-order valence-corrected chi connectivity index (χ0v) is 15.5. The molecule has 146 valence electrons. The molecular formula is C23H19NO5. The van der Waals surface area contributed by atoms with E-state index in [1.54, 1.807) is 12.1 Å². The summed E-state index contributed by atoms with van der Waals surface area (Å²) in [6.07, 6.45) is -0.672. The van der Waals surface area contributed by atoms with Gasteiger partial charge in [0.25, 0.3) is 0 Å². The van der Waals surface area contributed by atoms with Crippen molar-refractivity contribution in [2.45, 2.75) is 12.5 Å². The van der Waals surface area contributed by atoms with Gasteiger partial charge in [-0.1, -0.05) is 60.7 Å². The van der Waals surface area contributed by atoms with Crippen LogP contribution in [0.2, 0.25) is 0 Å². The Kier molecular flexibility index (Phi) is 5.27. The Labute approximate surface area is 167 Å². The van der Waals surface area contributed by atoms with Crippen LogP contribution in [0.1, 0.15) is 33.0 Å². The van der Waals surface area contributed by atoms with Gasteiger partial charge in [0.2, 0.25) is 0 Å². The van der Waals surface area contributed by atoms with Crippen LogP contribution in [-0.4, -0.2) is 23.8 Å². The number of hydrogen-bond donors (Lipinski definition) is 2. The summed E-state index contributed by atoms with van der Waals surface area (Å²) in [5.74, 6) is -1.01. The predicted octanol–water partition coefficient (Wildman–Crippen LogP) is 4.36. The van der Waals surface area contributed by atoms with Crippen LogP contribution in [-0.2, 0) is 16.2 Å². The number of rotatable bonds is 6. The molecule has 3 aromatic rings. The molecule has 3 aromatic carbocycles. The number of carboxylic acids is 1. The van der Waals surface area contributed by atoms with Crippen LogP contribution in [0.4, 0.5) is 4.79 Å². The molecular weight excluding hydrogens is 370 g/mol. The van der Waals surface area contributed by atoms with Crippen molar-refractivity contribution >= 4 is 12.1 Å². The van der Waals surface area contributed by atoms with Crippen molar-refractivity contribution in [2.75, 3.05) is 6.61 Å². The molecule has 1 aliphatic carbocycles. The Morgan fingerprint density at radius 2 is 1.45 bits per heavy atom. The number of carboxylic acid groups (broad SMARTS) is 1. The number of ether oxygens (including phenoxy) is 1. The Balaban J connectivity index is 1.31. The summed E-state index contributed by atoms with van der Waals surface area (Å²) in [7, 11) is 0. The third kappa shape index (κ3) is 3.97. The van der Waals surface area contributed by atoms with E-state index in [1.165, 1.54) is 12.1 Å². The van der Waals surface area contributed by atoms with Gasteiger partial charge in [-0.25, -0.2) is 9.59 Å². The third-order valence-corrected chi connectivity index (χ3v) is 4.94. The Morgan fingerprint density at radius 1 is 0.862 bits per heavy atom. The highest BCUT2D eigenvalue weighted by Crippen LogP contribution is 2.44. The first-order chi connectivity index (χ1) is 14.1. The summed E-state index contributed by atoms with van der Waals surface area (Å²) < 4.78 is 5.38. The maximum absolute atomic E-state index is 12.0.